The van der Waals surface area contributed by atoms with Crippen LogP contribution in [0.2, 0.25) is 0 Å². The van der Waals surface area contributed by atoms with Gasteiger partial charge in [0.05, 0.1) is 13.7 Å². The topological polar surface area (TPSA) is 56.8 Å². The largest absolute Gasteiger partial charge is 0.497 e. The molecule has 3 aromatic rings. The summed E-state index contributed by atoms with van der Waals surface area (Å²) in [6.45, 7) is 4.78. The Morgan fingerprint density at radius 3 is 2.47 bits per heavy atom. The lowest BCUT2D eigenvalue weighted by atomic mass is 10.1. The smallest absolute Gasteiger partial charge is 0.251 e. The van der Waals surface area contributed by atoms with Gasteiger partial charge in [-0.3, -0.25) is 4.79 Å². The molecule has 0 bridgehead atoms. The predicted octanol–water partition coefficient (Wildman–Crippen LogP) is 5.42. The molecular weight excluding hydrogens is 402 g/mol. The van der Waals surface area contributed by atoms with Crippen LogP contribution in [0.5, 0.6) is 17.2 Å². The van der Waals surface area contributed by atoms with Gasteiger partial charge in [0.1, 0.15) is 23.9 Å². The van der Waals surface area contributed by atoms with Crippen molar-refractivity contribution < 1.29 is 19.0 Å². The van der Waals surface area contributed by atoms with Crippen LogP contribution in [0.1, 0.15) is 41.8 Å². The molecule has 0 saturated heterocycles. The second-order valence-electron chi connectivity index (χ2n) is 7.62. The molecular formula is C27H31NO4. The van der Waals surface area contributed by atoms with Crippen molar-refractivity contribution in [3.63, 3.8) is 0 Å². The third-order valence-corrected chi connectivity index (χ3v) is 5.14. The molecule has 3 aromatic carbocycles. The first kappa shape index (κ1) is 23.2. The average molecular weight is 434 g/mol. The molecule has 0 radical (unpaired) electrons. The fourth-order valence-electron chi connectivity index (χ4n) is 3.39. The molecule has 32 heavy (non-hydrogen) atoms. The maximum absolute atomic E-state index is 12.8. The van der Waals surface area contributed by atoms with Gasteiger partial charge in [-0.2, -0.15) is 0 Å². The lowest BCUT2D eigenvalue weighted by Crippen LogP contribution is -2.33. The van der Waals surface area contributed by atoms with Crippen LogP contribution in [-0.2, 0) is 13.0 Å². The van der Waals surface area contributed by atoms with E-state index in [0.29, 0.717) is 23.7 Å². The number of hydrogen-bond acceptors (Lipinski definition) is 4. The van der Waals surface area contributed by atoms with Gasteiger partial charge in [-0.1, -0.05) is 36.4 Å². The summed E-state index contributed by atoms with van der Waals surface area (Å²) in [5.74, 6) is 2.03. The van der Waals surface area contributed by atoms with Crippen molar-refractivity contribution >= 4 is 5.91 Å². The predicted molar refractivity (Wildman–Crippen MR) is 127 cm³/mol. The minimum Gasteiger partial charge on any atom is -0.497 e. The number of carbonyl (C=O) groups excluding carboxylic acids is 1. The van der Waals surface area contributed by atoms with Crippen molar-refractivity contribution in [3.05, 3.63) is 89.5 Å². The van der Waals surface area contributed by atoms with E-state index in [0.717, 1.165) is 24.2 Å². The van der Waals surface area contributed by atoms with Gasteiger partial charge in [0.25, 0.3) is 5.91 Å². The summed E-state index contributed by atoms with van der Waals surface area (Å²) < 4.78 is 16.9. The molecule has 3 rings (SSSR count). The standard InChI is InChI=1S/C27H31NO4/c1-4-31-26-16-15-22(17-23(26)19-32-25-12-8-11-24(18-25)30-3)27(29)28-20(2)13-14-21-9-6-5-7-10-21/h5-12,15-18,20H,4,13-14,19H2,1-3H3,(H,28,29). The third kappa shape index (κ3) is 6.77. The summed E-state index contributed by atoms with van der Waals surface area (Å²) in [5, 5.41) is 3.10. The highest BCUT2D eigenvalue weighted by atomic mass is 16.5. The first-order valence-corrected chi connectivity index (χ1v) is 11.0. The van der Waals surface area contributed by atoms with Crippen LogP contribution in [-0.4, -0.2) is 25.7 Å². The first-order chi connectivity index (χ1) is 15.6. The SMILES string of the molecule is CCOc1ccc(C(=O)NC(C)CCc2ccccc2)cc1COc1cccc(OC)c1. The van der Waals surface area contributed by atoms with Crippen LogP contribution in [0, 0.1) is 0 Å². The Kier molecular flexibility index (Phi) is 8.55. The van der Waals surface area contributed by atoms with E-state index in [1.54, 1.807) is 13.2 Å². The molecule has 5 nitrogen and oxygen atoms in total. The van der Waals surface area contributed by atoms with E-state index in [9.17, 15) is 4.79 Å². The molecule has 5 heteroatoms. The Bertz CT molecular complexity index is 1000. The van der Waals surface area contributed by atoms with E-state index in [4.69, 9.17) is 14.2 Å². The summed E-state index contributed by atoms with van der Waals surface area (Å²) in [5.41, 5.74) is 2.68. The van der Waals surface area contributed by atoms with E-state index in [-0.39, 0.29) is 18.6 Å². The van der Waals surface area contributed by atoms with Crippen molar-refractivity contribution in [1.29, 1.82) is 0 Å². The summed E-state index contributed by atoms with van der Waals surface area (Å²) >= 11 is 0. The second-order valence-corrected chi connectivity index (χ2v) is 7.62. The molecule has 0 heterocycles. The average Bonchev–Trinajstić information content (AvgIpc) is 2.83. The van der Waals surface area contributed by atoms with E-state index in [1.807, 2.05) is 68.4 Å². The zero-order valence-electron chi connectivity index (χ0n) is 19.0. The normalized spacial score (nSPS) is 11.5. The Hall–Kier alpha value is -3.47. The second kappa shape index (κ2) is 11.8. The van der Waals surface area contributed by atoms with Gasteiger partial charge in [-0.25, -0.2) is 0 Å². The molecule has 0 aliphatic carbocycles. The molecule has 168 valence electrons. The molecule has 1 amide bonds. The quantitative estimate of drug-likeness (QED) is 0.438. The van der Waals surface area contributed by atoms with Gasteiger partial charge in [-0.15, -0.1) is 0 Å². The zero-order chi connectivity index (χ0) is 22.8. The van der Waals surface area contributed by atoms with Crippen LogP contribution in [0.25, 0.3) is 0 Å². The lowest BCUT2D eigenvalue weighted by molar-refractivity contribution is 0.0938. The number of benzene rings is 3. The van der Waals surface area contributed by atoms with Crippen molar-refractivity contribution in [2.45, 2.75) is 39.3 Å². The van der Waals surface area contributed by atoms with Gasteiger partial charge in [0, 0.05) is 23.2 Å². The fraction of sp³-hybridized carbons (Fsp3) is 0.296. The number of hydrogen-bond donors (Lipinski definition) is 1. The molecule has 0 aliphatic rings. The molecule has 0 saturated carbocycles. The van der Waals surface area contributed by atoms with Gasteiger partial charge >= 0.3 is 0 Å². The van der Waals surface area contributed by atoms with E-state index in [2.05, 4.69) is 17.4 Å². The lowest BCUT2D eigenvalue weighted by Gasteiger charge is -2.16. The van der Waals surface area contributed by atoms with Crippen LogP contribution < -0.4 is 19.5 Å². The highest BCUT2D eigenvalue weighted by molar-refractivity contribution is 5.94. The fourth-order valence-corrected chi connectivity index (χ4v) is 3.39. The van der Waals surface area contributed by atoms with Crippen LogP contribution >= 0.6 is 0 Å². The Morgan fingerprint density at radius 2 is 1.72 bits per heavy atom. The highest BCUT2D eigenvalue weighted by Crippen LogP contribution is 2.25. The van der Waals surface area contributed by atoms with E-state index < -0.39 is 0 Å². The Labute approximate surface area is 190 Å². The van der Waals surface area contributed by atoms with Crippen molar-refractivity contribution in [3.8, 4) is 17.2 Å². The Morgan fingerprint density at radius 1 is 0.938 bits per heavy atom. The molecule has 0 spiro atoms. The summed E-state index contributed by atoms with van der Waals surface area (Å²) in [7, 11) is 1.62. The van der Waals surface area contributed by atoms with Gasteiger partial charge in [0.15, 0.2) is 0 Å². The molecule has 1 unspecified atom stereocenters. The van der Waals surface area contributed by atoms with Gasteiger partial charge in [0.2, 0.25) is 0 Å². The maximum Gasteiger partial charge on any atom is 0.251 e. The van der Waals surface area contributed by atoms with Crippen molar-refractivity contribution in [1.82, 2.24) is 5.32 Å². The summed E-state index contributed by atoms with van der Waals surface area (Å²) in [6, 6.07) is 23.2. The Balaban J connectivity index is 1.64. The minimum absolute atomic E-state index is 0.0609. The summed E-state index contributed by atoms with van der Waals surface area (Å²) in [4.78, 5) is 12.8. The molecule has 0 aromatic heterocycles. The number of amides is 1. The summed E-state index contributed by atoms with van der Waals surface area (Å²) in [6.07, 6.45) is 1.80. The number of rotatable bonds is 11. The molecule has 0 fully saturated rings. The minimum atomic E-state index is -0.101. The maximum atomic E-state index is 12.8. The third-order valence-electron chi connectivity index (χ3n) is 5.14. The number of ether oxygens (including phenoxy) is 3. The van der Waals surface area contributed by atoms with E-state index >= 15 is 0 Å². The van der Waals surface area contributed by atoms with Gasteiger partial charge in [-0.05, 0) is 62.6 Å². The molecule has 0 aliphatic heterocycles. The number of nitrogens with one attached hydrogen (secondary N) is 1. The number of methoxy groups -OCH3 is 1. The van der Waals surface area contributed by atoms with Crippen LogP contribution in [0.3, 0.4) is 0 Å². The van der Waals surface area contributed by atoms with Crippen LogP contribution in [0.15, 0.2) is 72.8 Å². The first-order valence-electron chi connectivity index (χ1n) is 11.0. The number of aryl methyl sites for hydroxylation is 1. The van der Waals surface area contributed by atoms with Crippen LogP contribution in [0.4, 0.5) is 0 Å². The number of carbonyl (C=O) groups is 1. The molecule has 1 N–H and O–H groups in total. The van der Waals surface area contributed by atoms with E-state index in [1.165, 1.54) is 5.56 Å². The van der Waals surface area contributed by atoms with Gasteiger partial charge < -0.3 is 19.5 Å². The van der Waals surface area contributed by atoms with Crippen molar-refractivity contribution in [2.24, 2.45) is 0 Å². The zero-order valence-corrected chi connectivity index (χ0v) is 19.0. The highest BCUT2D eigenvalue weighted by Gasteiger charge is 2.14. The molecule has 1 atom stereocenters. The monoisotopic (exact) mass is 433 g/mol. The van der Waals surface area contributed by atoms with Crippen molar-refractivity contribution in [2.75, 3.05) is 13.7 Å².